The van der Waals surface area contributed by atoms with E-state index in [1.807, 2.05) is 0 Å². The molecule has 0 bridgehead atoms. The largest absolute Gasteiger partial charge is 0.495 e. The first-order chi connectivity index (χ1) is 8.61. The molecule has 0 unspecified atom stereocenters. The molecule has 0 amide bonds. The van der Waals surface area contributed by atoms with Crippen molar-refractivity contribution in [3.8, 4) is 5.75 Å². The summed E-state index contributed by atoms with van der Waals surface area (Å²) in [7, 11) is 1.54. The molecule has 18 heavy (non-hydrogen) atoms. The summed E-state index contributed by atoms with van der Waals surface area (Å²) in [5.74, 6) is 0.198. The van der Waals surface area contributed by atoms with Crippen molar-refractivity contribution in [1.82, 2.24) is 0 Å². The van der Waals surface area contributed by atoms with E-state index in [4.69, 9.17) is 10.5 Å². The Bertz CT molecular complexity index is 575. The van der Waals surface area contributed by atoms with Crippen molar-refractivity contribution in [1.29, 1.82) is 0 Å². The lowest BCUT2D eigenvalue weighted by molar-refractivity contribution is 0.417. The summed E-state index contributed by atoms with van der Waals surface area (Å²) in [5.41, 5.74) is 7.32. The lowest BCUT2D eigenvalue weighted by Gasteiger charge is -2.12. The number of anilines is 3. The molecule has 2 aromatic rings. The van der Waals surface area contributed by atoms with Crippen LogP contribution in [0.25, 0.3) is 0 Å². The number of nitrogen functional groups attached to an aromatic ring is 1. The van der Waals surface area contributed by atoms with E-state index >= 15 is 0 Å². The summed E-state index contributed by atoms with van der Waals surface area (Å²) >= 11 is 3.21. The van der Waals surface area contributed by atoms with E-state index in [2.05, 4.69) is 21.2 Å². The first-order valence-electron chi connectivity index (χ1n) is 5.26. The van der Waals surface area contributed by atoms with Crippen LogP contribution in [-0.4, -0.2) is 7.11 Å². The molecule has 0 aliphatic rings. The lowest BCUT2D eigenvalue weighted by Crippen LogP contribution is -2.00. The number of hydrogen-bond acceptors (Lipinski definition) is 3. The quantitative estimate of drug-likeness (QED) is 0.845. The summed E-state index contributed by atoms with van der Waals surface area (Å²) in [6.07, 6.45) is 0. The van der Waals surface area contributed by atoms with Crippen LogP contribution in [0.2, 0.25) is 0 Å². The van der Waals surface area contributed by atoms with Crippen LogP contribution in [-0.2, 0) is 0 Å². The van der Waals surface area contributed by atoms with Crippen LogP contribution >= 0.6 is 15.9 Å². The Balaban J connectivity index is 2.34. The minimum Gasteiger partial charge on any atom is -0.495 e. The van der Waals surface area contributed by atoms with E-state index in [1.165, 1.54) is 13.2 Å². The van der Waals surface area contributed by atoms with Gasteiger partial charge in [0.1, 0.15) is 11.6 Å². The van der Waals surface area contributed by atoms with Gasteiger partial charge in [-0.05, 0) is 30.3 Å². The Kier molecular flexibility index (Phi) is 3.72. The fraction of sp³-hybridized carbons (Fsp3) is 0.0769. The molecule has 2 aromatic carbocycles. The first-order valence-corrected chi connectivity index (χ1v) is 6.05. The number of ether oxygens (including phenoxy) is 1. The van der Waals surface area contributed by atoms with Gasteiger partial charge in [0, 0.05) is 4.47 Å². The second-order valence-corrected chi connectivity index (χ2v) is 4.59. The highest BCUT2D eigenvalue weighted by atomic mass is 79.9. The second kappa shape index (κ2) is 5.27. The predicted molar refractivity (Wildman–Crippen MR) is 74.8 cm³/mol. The van der Waals surface area contributed by atoms with Crippen molar-refractivity contribution in [3.63, 3.8) is 0 Å². The summed E-state index contributed by atoms with van der Waals surface area (Å²) in [4.78, 5) is 0. The highest BCUT2D eigenvalue weighted by Gasteiger charge is 2.08. The number of hydrogen-bond donors (Lipinski definition) is 2. The Labute approximate surface area is 113 Å². The Morgan fingerprint density at radius 1 is 1.22 bits per heavy atom. The van der Waals surface area contributed by atoms with Gasteiger partial charge >= 0.3 is 0 Å². The van der Waals surface area contributed by atoms with Gasteiger partial charge in [0.05, 0.1) is 24.2 Å². The van der Waals surface area contributed by atoms with Crippen molar-refractivity contribution >= 4 is 33.0 Å². The maximum atomic E-state index is 13.7. The zero-order chi connectivity index (χ0) is 13.1. The predicted octanol–water partition coefficient (Wildman–Crippen LogP) is 3.92. The second-order valence-electron chi connectivity index (χ2n) is 3.67. The summed E-state index contributed by atoms with van der Waals surface area (Å²) < 4.78 is 19.5. The molecular weight excluding hydrogens is 299 g/mol. The molecule has 0 heterocycles. The molecule has 0 aromatic heterocycles. The summed E-state index contributed by atoms with van der Waals surface area (Å²) in [6.45, 7) is 0. The zero-order valence-electron chi connectivity index (χ0n) is 9.71. The summed E-state index contributed by atoms with van der Waals surface area (Å²) in [6, 6.07) is 10.1. The molecular formula is C13H12BrFN2O. The fourth-order valence-electron chi connectivity index (χ4n) is 1.57. The number of nitrogens with one attached hydrogen (secondary N) is 1. The molecule has 0 fully saturated rings. The average Bonchev–Trinajstić information content (AvgIpc) is 2.35. The zero-order valence-corrected chi connectivity index (χ0v) is 11.3. The van der Waals surface area contributed by atoms with Crippen LogP contribution in [0.5, 0.6) is 5.75 Å². The van der Waals surface area contributed by atoms with E-state index in [1.54, 1.807) is 30.3 Å². The normalized spacial score (nSPS) is 10.2. The number of benzene rings is 2. The fourth-order valence-corrected chi connectivity index (χ4v) is 1.90. The minimum atomic E-state index is -0.355. The topological polar surface area (TPSA) is 47.3 Å². The summed E-state index contributed by atoms with van der Waals surface area (Å²) in [5, 5.41) is 2.94. The molecule has 0 aliphatic heterocycles. The Morgan fingerprint density at radius 2 is 2.00 bits per heavy atom. The van der Waals surface area contributed by atoms with Crippen LogP contribution in [0.15, 0.2) is 40.9 Å². The van der Waals surface area contributed by atoms with Crippen molar-refractivity contribution in [2.24, 2.45) is 0 Å². The van der Waals surface area contributed by atoms with Crippen LogP contribution in [0, 0.1) is 5.82 Å². The van der Waals surface area contributed by atoms with Gasteiger partial charge in [-0.15, -0.1) is 0 Å². The number of halogens is 2. The monoisotopic (exact) mass is 310 g/mol. The number of methoxy groups -OCH3 is 1. The van der Waals surface area contributed by atoms with Gasteiger partial charge in [0.15, 0.2) is 0 Å². The van der Waals surface area contributed by atoms with Crippen LogP contribution in [0.1, 0.15) is 0 Å². The van der Waals surface area contributed by atoms with E-state index in [0.29, 0.717) is 27.3 Å². The molecule has 5 heteroatoms. The first kappa shape index (κ1) is 12.7. The van der Waals surface area contributed by atoms with Gasteiger partial charge < -0.3 is 15.8 Å². The molecule has 0 saturated carbocycles. The smallest absolute Gasteiger partial charge is 0.147 e. The highest BCUT2D eigenvalue weighted by Crippen LogP contribution is 2.32. The van der Waals surface area contributed by atoms with E-state index in [-0.39, 0.29) is 5.82 Å². The molecule has 0 spiro atoms. The maximum absolute atomic E-state index is 13.7. The number of para-hydroxylation sites is 1. The van der Waals surface area contributed by atoms with Crippen molar-refractivity contribution < 1.29 is 9.13 Å². The van der Waals surface area contributed by atoms with E-state index in [9.17, 15) is 4.39 Å². The molecule has 0 atom stereocenters. The maximum Gasteiger partial charge on any atom is 0.147 e. The van der Waals surface area contributed by atoms with Gasteiger partial charge in [-0.2, -0.15) is 0 Å². The average molecular weight is 311 g/mol. The van der Waals surface area contributed by atoms with Crippen molar-refractivity contribution in [3.05, 3.63) is 46.7 Å². The third-order valence-electron chi connectivity index (χ3n) is 2.49. The molecule has 0 aliphatic carbocycles. The van der Waals surface area contributed by atoms with Crippen molar-refractivity contribution in [2.75, 3.05) is 18.2 Å². The van der Waals surface area contributed by atoms with Gasteiger partial charge in [0.25, 0.3) is 0 Å². The number of nitrogens with two attached hydrogens (primary N) is 1. The third kappa shape index (κ3) is 2.56. The molecule has 2 rings (SSSR count). The molecule has 0 saturated heterocycles. The van der Waals surface area contributed by atoms with Gasteiger partial charge in [0.2, 0.25) is 0 Å². The molecule has 0 radical (unpaired) electrons. The Hall–Kier alpha value is -1.75. The van der Waals surface area contributed by atoms with Gasteiger partial charge in [-0.3, -0.25) is 0 Å². The standard InChI is InChI=1S/C13H12BrFN2O/c1-18-12-4-2-3-11(13(12)16)17-10-6-5-8(14)7-9(10)15/h2-7,17H,16H2,1H3. The van der Waals surface area contributed by atoms with Gasteiger partial charge in [-0.1, -0.05) is 22.0 Å². The third-order valence-corrected chi connectivity index (χ3v) is 2.98. The van der Waals surface area contributed by atoms with Gasteiger partial charge in [-0.25, -0.2) is 4.39 Å². The van der Waals surface area contributed by atoms with E-state index in [0.717, 1.165) is 0 Å². The van der Waals surface area contributed by atoms with Crippen LogP contribution in [0.3, 0.4) is 0 Å². The highest BCUT2D eigenvalue weighted by molar-refractivity contribution is 9.10. The molecule has 3 nitrogen and oxygen atoms in total. The SMILES string of the molecule is COc1cccc(Nc2ccc(Br)cc2F)c1N. The minimum absolute atomic E-state index is 0.355. The molecule has 3 N–H and O–H groups in total. The Morgan fingerprint density at radius 3 is 2.67 bits per heavy atom. The number of rotatable bonds is 3. The lowest BCUT2D eigenvalue weighted by atomic mass is 10.2. The van der Waals surface area contributed by atoms with E-state index < -0.39 is 0 Å². The molecule has 94 valence electrons. The van der Waals surface area contributed by atoms with Crippen LogP contribution in [0.4, 0.5) is 21.5 Å². The van der Waals surface area contributed by atoms with Crippen molar-refractivity contribution in [2.45, 2.75) is 0 Å². The van der Waals surface area contributed by atoms with Crippen LogP contribution < -0.4 is 15.8 Å².